The van der Waals surface area contributed by atoms with E-state index in [4.69, 9.17) is 5.73 Å². The minimum Gasteiger partial charge on any atom is -0.348 e. The molecule has 10 heteroatoms. The molecule has 2 fully saturated rings. The third-order valence-electron chi connectivity index (χ3n) is 4.80. The van der Waals surface area contributed by atoms with Crippen LogP contribution in [0.15, 0.2) is 12.5 Å². The number of aromatic nitrogens is 2. The first-order chi connectivity index (χ1) is 12.4. The number of carbonyl (C=O) groups is 4. The first kappa shape index (κ1) is 18.2. The number of likely N-dealkylation sites (tertiary alicyclic amines) is 1. The number of amides is 4. The molecule has 3 rings (SSSR count). The maximum atomic E-state index is 12.9. The fourth-order valence-corrected chi connectivity index (χ4v) is 3.25. The third-order valence-corrected chi connectivity index (χ3v) is 4.80. The summed E-state index contributed by atoms with van der Waals surface area (Å²) >= 11 is 0. The second-order valence-corrected chi connectivity index (χ2v) is 6.70. The fourth-order valence-electron chi connectivity index (χ4n) is 3.25. The van der Waals surface area contributed by atoms with Gasteiger partial charge in [0.25, 0.3) is 17.7 Å². The van der Waals surface area contributed by atoms with Gasteiger partial charge in [-0.15, -0.1) is 0 Å². The van der Waals surface area contributed by atoms with Gasteiger partial charge in [-0.3, -0.25) is 24.1 Å². The van der Waals surface area contributed by atoms with Gasteiger partial charge in [-0.25, -0.2) is 9.88 Å². The lowest BCUT2D eigenvalue weighted by molar-refractivity contribution is -0.160. The molecule has 0 saturated carbocycles. The number of H-pyrrole nitrogens is 1. The smallest absolute Gasteiger partial charge is 0.259 e. The molecule has 1 aromatic heterocycles. The number of imidazole rings is 1. The Morgan fingerprint density at radius 2 is 2.15 bits per heavy atom. The summed E-state index contributed by atoms with van der Waals surface area (Å²) in [7, 11) is 1.78. The lowest BCUT2D eigenvalue weighted by Crippen LogP contribution is -2.63. The number of imide groups is 3. The van der Waals surface area contributed by atoms with Crippen LogP contribution in [-0.4, -0.2) is 75.1 Å². The standard InChI is InChI=1S/C16H22N6O4/c1-21-4-2-3-12(21)16(26)22(15(25)11-6-13(23)20-11)14(24)10(17)5-9-7-18-8-19-9/h7-8,10-12H,2-6,17H2,1H3,(H,18,19)(H,20,23)/t10-,11-,12-/m0/s1. The van der Waals surface area contributed by atoms with Gasteiger partial charge in [0.05, 0.1) is 24.8 Å². The Labute approximate surface area is 150 Å². The second-order valence-electron chi connectivity index (χ2n) is 6.70. The Bertz CT molecular complexity index is 710. The molecule has 0 aromatic carbocycles. The van der Waals surface area contributed by atoms with E-state index in [0.29, 0.717) is 23.6 Å². The van der Waals surface area contributed by atoms with E-state index in [9.17, 15) is 19.2 Å². The molecule has 2 aliphatic rings. The van der Waals surface area contributed by atoms with Gasteiger partial charge in [0, 0.05) is 18.3 Å². The van der Waals surface area contributed by atoms with E-state index >= 15 is 0 Å². The van der Waals surface area contributed by atoms with E-state index in [0.717, 1.165) is 6.42 Å². The van der Waals surface area contributed by atoms with Crippen LogP contribution in [0.25, 0.3) is 0 Å². The molecular weight excluding hydrogens is 340 g/mol. The quantitative estimate of drug-likeness (QED) is 0.412. The van der Waals surface area contributed by atoms with E-state index in [-0.39, 0.29) is 18.7 Å². The molecule has 1 aromatic rings. The van der Waals surface area contributed by atoms with Crippen LogP contribution in [0, 0.1) is 0 Å². The minimum atomic E-state index is -1.08. The minimum absolute atomic E-state index is 0.0355. The average Bonchev–Trinajstić information content (AvgIpc) is 3.23. The molecule has 0 radical (unpaired) electrons. The molecule has 0 bridgehead atoms. The van der Waals surface area contributed by atoms with E-state index in [1.165, 1.54) is 12.5 Å². The summed E-state index contributed by atoms with van der Waals surface area (Å²) in [5.74, 6) is -2.36. The molecule has 26 heavy (non-hydrogen) atoms. The summed E-state index contributed by atoms with van der Waals surface area (Å²) in [5, 5.41) is 2.41. The Balaban J connectivity index is 1.79. The van der Waals surface area contributed by atoms with Crippen LogP contribution in [0.5, 0.6) is 0 Å². The predicted octanol–water partition coefficient (Wildman–Crippen LogP) is -1.86. The van der Waals surface area contributed by atoms with Crippen LogP contribution in [0.3, 0.4) is 0 Å². The highest BCUT2D eigenvalue weighted by Crippen LogP contribution is 2.20. The SMILES string of the molecule is CN1CCC[C@H]1C(=O)N(C(=O)[C@@H]1CC(=O)N1)C(=O)[C@@H](N)Cc1cnc[nH]1. The summed E-state index contributed by atoms with van der Waals surface area (Å²) in [4.78, 5) is 58.7. The molecule has 2 saturated heterocycles. The van der Waals surface area contributed by atoms with Gasteiger partial charge in [-0.1, -0.05) is 0 Å². The molecule has 0 unspecified atom stereocenters. The highest BCUT2D eigenvalue weighted by atomic mass is 16.2. The molecule has 3 heterocycles. The number of nitrogens with two attached hydrogens (primary N) is 1. The Kier molecular flexibility index (Phi) is 5.14. The van der Waals surface area contributed by atoms with Gasteiger partial charge in [0.2, 0.25) is 5.91 Å². The fraction of sp³-hybridized carbons (Fsp3) is 0.562. The number of carbonyl (C=O) groups excluding carboxylic acids is 4. The topological polar surface area (TPSA) is 141 Å². The number of β-lactam (4-membered cyclic amide) rings is 1. The van der Waals surface area contributed by atoms with Crippen molar-refractivity contribution in [3.8, 4) is 0 Å². The van der Waals surface area contributed by atoms with Crippen molar-refractivity contribution in [1.29, 1.82) is 0 Å². The van der Waals surface area contributed by atoms with Crippen LogP contribution >= 0.6 is 0 Å². The summed E-state index contributed by atoms with van der Waals surface area (Å²) in [6, 6.07) is -2.48. The van der Waals surface area contributed by atoms with Gasteiger partial charge in [0.15, 0.2) is 0 Å². The van der Waals surface area contributed by atoms with Crippen molar-refractivity contribution in [1.82, 2.24) is 25.1 Å². The number of likely N-dealkylation sites (N-methyl/N-ethyl adjacent to an activating group) is 1. The van der Waals surface area contributed by atoms with Crippen LogP contribution in [0.2, 0.25) is 0 Å². The first-order valence-electron chi connectivity index (χ1n) is 8.52. The van der Waals surface area contributed by atoms with E-state index < -0.39 is 35.8 Å². The second kappa shape index (κ2) is 7.34. The van der Waals surface area contributed by atoms with Gasteiger partial charge in [-0.05, 0) is 26.4 Å². The molecule has 4 amide bonds. The average molecular weight is 362 g/mol. The van der Waals surface area contributed by atoms with Crippen molar-refractivity contribution in [3.05, 3.63) is 18.2 Å². The van der Waals surface area contributed by atoms with E-state index in [1.54, 1.807) is 7.05 Å². The summed E-state index contributed by atoms with van der Waals surface area (Å²) < 4.78 is 0. The van der Waals surface area contributed by atoms with Crippen LogP contribution in [0.4, 0.5) is 0 Å². The van der Waals surface area contributed by atoms with Crippen molar-refractivity contribution in [2.24, 2.45) is 5.73 Å². The van der Waals surface area contributed by atoms with E-state index in [2.05, 4.69) is 15.3 Å². The zero-order chi connectivity index (χ0) is 18.8. The predicted molar refractivity (Wildman–Crippen MR) is 89.3 cm³/mol. The van der Waals surface area contributed by atoms with Crippen molar-refractivity contribution < 1.29 is 19.2 Å². The van der Waals surface area contributed by atoms with Crippen molar-refractivity contribution in [3.63, 3.8) is 0 Å². The highest BCUT2D eigenvalue weighted by Gasteiger charge is 2.44. The van der Waals surface area contributed by atoms with Crippen molar-refractivity contribution >= 4 is 23.6 Å². The number of hydrogen-bond donors (Lipinski definition) is 3. The summed E-state index contributed by atoms with van der Waals surface area (Å²) in [6.45, 7) is 0.715. The molecule has 0 aliphatic carbocycles. The third kappa shape index (κ3) is 3.51. The van der Waals surface area contributed by atoms with Crippen LogP contribution in [-0.2, 0) is 25.6 Å². The monoisotopic (exact) mass is 362 g/mol. The number of nitrogens with one attached hydrogen (secondary N) is 2. The molecular formula is C16H22N6O4. The first-order valence-corrected chi connectivity index (χ1v) is 8.52. The van der Waals surface area contributed by atoms with Crippen molar-refractivity contribution in [2.45, 2.75) is 43.8 Å². The number of hydrogen-bond acceptors (Lipinski definition) is 7. The van der Waals surface area contributed by atoms with Gasteiger partial charge >= 0.3 is 0 Å². The van der Waals surface area contributed by atoms with Crippen molar-refractivity contribution in [2.75, 3.05) is 13.6 Å². The van der Waals surface area contributed by atoms with E-state index in [1.807, 2.05) is 4.90 Å². The maximum Gasteiger partial charge on any atom is 0.259 e. The molecule has 3 atom stereocenters. The van der Waals surface area contributed by atoms with Crippen LogP contribution in [0.1, 0.15) is 25.0 Å². The molecule has 4 N–H and O–H groups in total. The molecule has 10 nitrogen and oxygen atoms in total. The Hall–Kier alpha value is -2.59. The largest absolute Gasteiger partial charge is 0.348 e. The Morgan fingerprint density at radius 3 is 2.69 bits per heavy atom. The lowest BCUT2D eigenvalue weighted by Gasteiger charge is -2.33. The van der Waals surface area contributed by atoms with Gasteiger partial charge < -0.3 is 16.0 Å². The highest BCUT2D eigenvalue weighted by molar-refractivity contribution is 6.16. The molecule has 140 valence electrons. The van der Waals surface area contributed by atoms with Crippen LogP contribution < -0.4 is 11.1 Å². The van der Waals surface area contributed by atoms with Gasteiger partial charge in [0.1, 0.15) is 6.04 Å². The van der Waals surface area contributed by atoms with Gasteiger partial charge in [-0.2, -0.15) is 0 Å². The Morgan fingerprint density at radius 1 is 1.42 bits per heavy atom. The normalized spacial score (nSPS) is 23.8. The number of rotatable bonds is 5. The lowest BCUT2D eigenvalue weighted by atomic mass is 10.0. The maximum absolute atomic E-state index is 12.9. The number of aromatic amines is 1. The molecule has 2 aliphatic heterocycles. The summed E-state index contributed by atoms with van der Waals surface area (Å²) in [6.07, 6.45) is 4.44. The zero-order valence-corrected chi connectivity index (χ0v) is 14.5. The summed E-state index contributed by atoms with van der Waals surface area (Å²) in [5.41, 5.74) is 6.59. The molecule has 0 spiro atoms. The zero-order valence-electron chi connectivity index (χ0n) is 14.5. The number of nitrogens with zero attached hydrogens (tertiary/aromatic N) is 3.